The second-order valence-corrected chi connectivity index (χ2v) is 4.31. The first-order valence-corrected chi connectivity index (χ1v) is 5.87. The number of thiophene rings is 1. The van der Waals surface area contributed by atoms with E-state index in [-0.39, 0.29) is 5.69 Å². The number of methoxy groups -OCH3 is 1. The maximum Gasteiger partial charge on any atom is 0.355 e. The summed E-state index contributed by atoms with van der Waals surface area (Å²) in [6.07, 6.45) is 1.42. The molecule has 2 heterocycles. The highest BCUT2D eigenvalue weighted by molar-refractivity contribution is 7.12. The van der Waals surface area contributed by atoms with Gasteiger partial charge in [0.15, 0.2) is 5.69 Å². The van der Waals surface area contributed by atoms with Crippen LogP contribution in [0.25, 0.3) is 11.1 Å². The Kier molecular flexibility index (Phi) is 3.38. The van der Waals surface area contributed by atoms with Gasteiger partial charge in [-0.15, -0.1) is 11.3 Å². The molecule has 0 spiro atoms. The van der Waals surface area contributed by atoms with Crippen LogP contribution in [-0.2, 0) is 4.74 Å². The Hall–Kier alpha value is -2.21. The van der Waals surface area contributed by atoms with Crippen molar-refractivity contribution in [1.82, 2.24) is 4.98 Å². The molecule has 5 nitrogen and oxygen atoms in total. The zero-order valence-electron chi connectivity index (χ0n) is 9.41. The van der Waals surface area contributed by atoms with Crippen LogP contribution in [0.5, 0.6) is 0 Å². The Morgan fingerprint density at radius 2 is 2.22 bits per heavy atom. The third kappa shape index (κ3) is 2.23. The number of esters is 1. The smallest absolute Gasteiger partial charge is 0.355 e. The molecule has 0 bridgehead atoms. The molecule has 0 saturated heterocycles. The average molecular weight is 263 g/mol. The van der Waals surface area contributed by atoms with Gasteiger partial charge >= 0.3 is 11.9 Å². The van der Waals surface area contributed by atoms with Crippen LogP contribution in [0.1, 0.15) is 20.2 Å². The molecule has 2 rings (SSSR count). The Labute approximate surface area is 107 Å². The van der Waals surface area contributed by atoms with E-state index in [4.69, 9.17) is 5.11 Å². The van der Waals surface area contributed by atoms with E-state index in [9.17, 15) is 9.59 Å². The second-order valence-electron chi connectivity index (χ2n) is 3.40. The molecule has 0 aliphatic heterocycles. The summed E-state index contributed by atoms with van der Waals surface area (Å²) >= 11 is 1.20. The van der Waals surface area contributed by atoms with Gasteiger partial charge in [-0.25, -0.2) is 14.6 Å². The molecule has 0 fully saturated rings. The van der Waals surface area contributed by atoms with Gasteiger partial charge in [-0.1, -0.05) is 6.07 Å². The number of rotatable bonds is 3. The summed E-state index contributed by atoms with van der Waals surface area (Å²) in [4.78, 5) is 26.6. The largest absolute Gasteiger partial charge is 0.476 e. The van der Waals surface area contributed by atoms with Crippen molar-refractivity contribution < 1.29 is 19.4 Å². The Morgan fingerprint density at radius 1 is 1.44 bits per heavy atom. The molecule has 0 aliphatic carbocycles. The minimum atomic E-state index is -1.10. The van der Waals surface area contributed by atoms with Gasteiger partial charge in [-0.3, -0.25) is 0 Å². The first kappa shape index (κ1) is 12.3. The van der Waals surface area contributed by atoms with Gasteiger partial charge in [0.25, 0.3) is 0 Å². The van der Waals surface area contributed by atoms with Crippen LogP contribution >= 0.6 is 11.3 Å². The van der Waals surface area contributed by atoms with Crippen LogP contribution in [0.2, 0.25) is 0 Å². The van der Waals surface area contributed by atoms with Crippen LogP contribution < -0.4 is 0 Å². The molecule has 0 amide bonds. The van der Waals surface area contributed by atoms with Crippen molar-refractivity contribution in [2.75, 3.05) is 7.11 Å². The lowest BCUT2D eigenvalue weighted by atomic mass is 10.1. The summed E-state index contributed by atoms with van der Waals surface area (Å²) < 4.78 is 4.60. The van der Waals surface area contributed by atoms with Crippen molar-refractivity contribution in [2.24, 2.45) is 0 Å². The van der Waals surface area contributed by atoms with Crippen molar-refractivity contribution in [3.8, 4) is 11.1 Å². The molecule has 0 unspecified atom stereocenters. The Morgan fingerprint density at radius 3 is 2.89 bits per heavy atom. The third-order valence-corrected chi connectivity index (χ3v) is 3.22. The molecule has 0 aliphatic rings. The number of carbonyl (C=O) groups excluding carboxylic acids is 1. The number of aromatic carboxylic acids is 1. The van der Waals surface area contributed by atoms with Gasteiger partial charge in [0.1, 0.15) is 4.88 Å². The van der Waals surface area contributed by atoms with E-state index in [1.165, 1.54) is 24.6 Å². The van der Waals surface area contributed by atoms with Crippen LogP contribution in [0.4, 0.5) is 0 Å². The predicted octanol–water partition coefficient (Wildman–Crippen LogP) is 2.29. The summed E-state index contributed by atoms with van der Waals surface area (Å²) in [5, 5.41) is 10.7. The normalized spacial score (nSPS) is 10.1. The minimum Gasteiger partial charge on any atom is -0.476 e. The van der Waals surface area contributed by atoms with E-state index in [1.54, 1.807) is 23.6 Å². The minimum absolute atomic E-state index is 0.0354. The lowest BCUT2D eigenvalue weighted by molar-refractivity contribution is 0.0605. The first-order chi connectivity index (χ1) is 8.63. The number of hydrogen-bond donors (Lipinski definition) is 1. The zero-order chi connectivity index (χ0) is 13.1. The molecule has 0 saturated carbocycles. The van der Waals surface area contributed by atoms with Crippen LogP contribution in [-0.4, -0.2) is 29.1 Å². The molecule has 18 heavy (non-hydrogen) atoms. The summed E-state index contributed by atoms with van der Waals surface area (Å²) in [6, 6.07) is 4.90. The average Bonchev–Trinajstić information content (AvgIpc) is 2.87. The fourth-order valence-electron chi connectivity index (χ4n) is 1.49. The predicted molar refractivity (Wildman–Crippen MR) is 65.8 cm³/mol. The van der Waals surface area contributed by atoms with Crippen LogP contribution in [0.15, 0.2) is 29.8 Å². The van der Waals surface area contributed by atoms with E-state index in [0.717, 1.165) is 0 Å². The van der Waals surface area contributed by atoms with Crippen LogP contribution in [0, 0.1) is 0 Å². The molecule has 92 valence electrons. The van der Waals surface area contributed by atoms with Crippen molar-refractivity contribution in [3.05, 3.63) is 40.3 Å². The number of carboxylic acids is 1. The first-order valence-electron chi connectivity index (χ1n) is 4.99. The van der Waals surface area contributed by atoms with Gasteiger partial charge < -0.3 is 9.84 Å². The van der Waals surface area contributed by atoms with Gasteiger partial charge in [-0.2, -0.15) is 0 Å². The van der Waals surface area contributed by atoms with Crippen molar-refractivity contribution in [1.29, 1.82) is 0 Å². The Balaban J connectivity index is 2.46. The highest BCUT2D eigenvalue weighted by Crippen LogP contribution is 2.27. The number of ether oxygens (including phenoxy) is 1. The number of nitrogens with zero attached hydrogens (tertiary/aromatic N) is 1. The van der Waals surface area contributed by atoms with E-state index in [1.807, 2.05) is 0 Å². The van der Waals surface area contributed by atoms with E-state index in [0.29, 0.717) is 16.0 Å². The fraction of sp³-hybridized carbons (Fsp3) is 0.0833. The third-order valence-electron chi connectivity index (χ3n) is 2.31. The monoisotopic (exact) mass is 263 g/mol. The quantitative estimate of drug-likeness (QED) is 0.860. The molecule has 0 atom stereocenters. The number of hydrogen-bond acceptors (Lipinski definition) is 5. The van der Waals surface area contributed by atoms with Gasteiger partial charge in [0.2, 0.25) is 0 Å². The van der Waals surface area contributed by atoms with Gasteiger partial charge in [0, 0.05) is 11.8 Å². The molecule has 0 radical (unpaired) electrons. The summed E-state index contributed by atoms with van der Waals surface area (Å²) in [5.41, 5.74) is 1.09. The second kappa shape index (κ2) is 4.97. The number of carbonyl (C=O) groups is 2. The number of carboxylic acid groups (broad SMARTS) is 1. The lowest BCUT2D eigenvalue weighted by Crippen LogP contribution is -2.02. The topological polar surface area (TPSA) is 76.5 Å². The zero-order valence-corrected chi connectivity index (χ0v) is 10.2. The van der Waals surface area contributed by atoms with Gasteiger partial charge in [-0.05, 0) is 23.1 Å². The molecular weight excluding hydrogens is 254 g/mol. The van der Waals surface area contributed by atoms with E-state index in [2.05, 4.69) is 9.72 Å². The van der Waals surface area contributed by atoms with Crippen LogP contribution in [0.3, 0.4) is 0 Å². The lowest BCUT2D eigenvalue weighted by Gasteiger charge is -2.01. The standard InChI is InChI=1S/C12H9NO4S/c1-17-12(16)9-5-7(6-18-9)8-3-2-4-13-10(8)11(14)15/h2-6H,1H3,(H,14,15). The highest BCUT2D eigenvalue weighted by Gasteiger charge is 2.16. The molecule has 1 N–H and O–H groups in total. The molecule has 0 aromatic carbocycles. The Bertz CT molecular complexity index is 606. The van der Waals surface area contributed by atoms with Crippen molar-refractivity contribution >= 4 is 23.3 Å². The summed E-state index contributed by atoms with van der Waals surface area (Å²) in [5.74, 6) is -1.54. The molecular formula is C12H9NO4S. The maximum atomic E-state index is 11.3. The number of aromatic nitrogens is 1. The number of pyridine rings is 1. The van der Waals surface area contributed by atoms with E-state index < -0.39 is 11.9 Å². The van der Waals surface area contributed by atoms with Crippen molar-refractivity contribution in [3.63, 3.8) is 0 Å². The summed E-state index contributed by atoms with van der Waals surface area (Å²) in [6.45, 7) is 0. The van der Waals surface area contributed by atoms with Crippen molar-refractivity contribution in [2.45, 2.75) is 0 Å². The summed E-state index contributed by atoms with van der Waals surface area (Å²) in [7, 11) is 1.30. The molecule has 2 aromatic rings. The molecule has 6 heteroatoms. The SMILES string of the molecule is COC(=O)c1cc(-c2cccnc2C(=O)O)cs1. The molecule has 2 aromatic heterocycles. The highest BCUT2D eigenvalue weighted by atomic mass is 32.1. The maximum absolute atomic E-state index is 11.3. The van der Waals surface area contributed by atoms with E-state index >= 15 is 0 Å². The fourth-order valence-corrected chi connectivity index (χ4v) is 2.32. The van der Waals surface area contributed by atoms with Gasteiger partial charge in [0.05, 0.1) is 7.11 Å².